The third-order valence-electron chi connectivity index (χ3n) is 6.52. The summed E-state index contributed by atoms with van der Waals surface area (Å²) in [4.78, 5) is 12.5. The monoisotopic (exact) mass is 444 g/mol. The van der Waals surface area contributed by atoms with E-state index in [-0.39, 0.29) is 5.97 Å². The van der Waals surface area contributed by atoms with E-state index in [4.69, 9.17) is 4.74 Å². The van der Waals surface area contributed by atoms with Crippen LogP contribution in [-0.4, -0.2) is 5.97 Å². The van der Waals surface area contributed by atoms with E-state index in [0.717, 1.165) is 29.7 Å². The van der Waals surface area contributed by atoms with E-state index in [1.807, 2.05) is 0 Å². The van der Waals surface area contributed by atoms with Crippen molar-refractivity contribution < 1.29 is 9.53 Å². The molecule has 1 rings (SSSR count). The van der Waals surface area contributed by atoms with Crippen LogP contribution in [-0.2, 0) is 4.79 Å². The van der Waals surface area contributed by atoms with Crippen LogP contribution >= 0.6 is 0 Å². The Kier molecular flexibility index (Phi) is 16.3. The molecule has 0 aliphatic rings. The largest absolute Gasteiger partial charge is 0.426 e. The van der Waals surface area contributed by atoms with Crippen LogP contribution < -0.4 is 4.74 Å². The number of rotatable bonds is 19. The zero-order chi connectivity index (χ0) is 23.6. The fraction of sp³-hybridized carbons (Fsp3) is 0.767. The SMILES string of the molecule is CCCCCCCCCCCCCCCCCC(=O)Oc1c(C(C)C)cccc1C(C)C. The second kappa shape index (κ2) is 18.2. The van der Waals surface area contributed by atoms with Crippen molar-refractivity contribution in [3.8, 4) is 5.75 Å². The average Bonchev–Trinajstić information content (AvgIpc) is 2.76. The molecule has 0 fully saturated rings. The second-order valence-electron chi connectivity index (χ2n) is 10.2. The van der Waals surface area contributed by atoms with Crippen LogP contribution in [0.4, 0.5) is 0 Å². The van der Waals surface area contributed by atoms with Crippen molar-refractivity contribution in [1.29, 1.82) is 0 Å². The third kappa shape index (κ3) is 12.7. The molecule has 0 N–H and O–H groups in total. The maximum absolute atomic E-state index is 12.5. The second-order valence-corrected chi connectivity index (χ2v) is 10.2. The van der Waals surface area contributed by atoms with Crippen LogP contribution in [0, 0.1) is 0 Å². The minimum Gasteiger partial charge on any atom is -0.426 e. The molecular weight excluding hydrogens is 392 g/mol. The van der Waals surface area contributed by atoms with Gasteiger partial charge in [0, 0.05) is 6.42 Å². The van der Waals surface area contributed by atoms with Gasteiger partial charge in [0.1, 0.15) is 5.75 Å². The summed E-state index contributed by atoms with van der Waals surface area (Å²) in [6, 6.07) is 6.26. The van der Waals surface area contributed by atoms with Crippen LogP contribution in [0.3, 0.4) is 0 Å². The topological polar surface area (TPSA) is 26.3 Å². The molecule has 0 aliphatic heterocycles. The normalized spacial score (nSPS) is 11.5. The maximum atomic E-state index is 12.5. The minimum absolute atomic E-state index is 0.0744. The van der Waals surface area contributed by atoms with Gasteiger partial charge in [-0.3, -0.25) is 4.79 Å². The molecule has 0 bridgehead atoms. The van der Waals surface area contributed by atoms with E-state index in [9.17, 15) is 4.79 Å². The molecule has 0 aliphatic carbocycles. The summed E-state index contributed by atoms with van der Waals surface area (Å²) in [6.45, 7) is 10.9. The van der Waals surface area contributed by atoms with Crippen LogP contribution in [0.15, 0.2) is 18.2 Å². The van der Waals surface area contributed by atoms with E-state index >= 15 is 0 Å². The Morgan fingerprint density at radius 3 is 1.41 bits per heavy atom. The highest BCUT2D eigenvalue weighted by atomic mass is 16.5. The summed E-state index contributed by atoms with van der Waals surface area (Å²) in [5, 5.41) is 0. The summed E-state index contributed by atoms with van der Waals surface area (Å²) < 4.78 is 5.88. The molecular formula is C30H52O2. The Morgan fingerprint density at radius 2 is 1.03 bits per heavy atom. The lowest BCUT2D eigenvalue weighted by molar-refractivity contribution is -0.134. The molecule has 32 heavy (non-hydrogen) atoms. The predicted octanol–water partition coefficient (Wildman–Crippen LogP) is 10.1. The zero-order valence-corrected chi connectivity index (χ0v) is 22.0. The number of ether oxygens (including phenoxy) is 1. The standard InChI is InChI=1S/C30H52O2/c1-6-7-8-9-10-11-12-13-14-15-16-17-18-19-20-24-29(31)32-30-27(25(2)3)22-21-23-28(30)26(4)5/h21-23,25-26H,6-20,24H2,1-5H3. The van der Waals surface area contributed by atoms with Crippen molar-refractivity contribution in [1.82, 2.24) is 0 Å². The van der Waals surface area contributed by atoms with Crippen molar-refractivity contribution in [2.24, 2.45) is 0 Å². The first-order valence-corrected chi connectivity index (χ1v) is 13.8. The number of esters is 1. The summed E-state index contributed by atoms with van der Waals surface area (Å²) in [5.74, 6) is 1.43. The molecule has 2 heteroatoms. The van der Waals surface area contributed by atoms with Gasteiger partial charge in [-0.2, -0.15) is 0 Å². The van der Waals surface area contributed by atoms with E-state index < -0.39 is 0 Å². The molecule has 0 heterocycles. The number of carbonyl (C=O) groups excluding carboxylic acids is 1. The molecule has 0 spiro atoms. The van der Waals surface area contributed by atoms with E-state index in [1.54, 1.807) is 0 Å². The van der Waals surface area contributed by atoms with Crippen molar-refractivity contribution >= 4 is 5.97 Å². The smallest absolute Gasteiger partial charge is 0.311 e. The van der Waals surface area contributed by atoms with Gasteiger partial charge in [0.15, 0.2) is 0 Å². The van der Waals surface area contributed by atoms with E-state index in [1.165, 1.54) is 83.5 Å². The first kappa shape index (κ1) is 28.7. The van der Waals surface area contributed by atoms with Crippen molar-refractivity contribution in [2.75, 3.05) is 0 Å². The van der Waals surface area contributed by atoms with Crippen LogP contribution in [0.25, 0.3) is 0 Å². The number of carbonyl (C=O) groups is 1. The van der Waals surface area contributed by atoms with Gasteiger partial charge in [-0.05, 0) is 29.4 Å². The maximum Gasteiger partial charge on any atom is 0.311 e. The van der Waals surface area contributed by atoms with Gasteiger partial charge in [0.2, 0.25) is 0 Å². The lowest BCUT2D eigenvalue weighted by atomic mass is 9.94. The molecule has 0 radical (unpaired) electrons. The molecule has 2 nitrogen and oxygen atoms in total. The van der Waals surface area contributed by atoms with Crippen molar-refractivity contribution in [3.05, 3.63) is 29.3 Å². The highest BCUT2D eigenvalue weighted by Gasteiger charge is 2.17. The van der Waals surface area contributed by atoms with E-state index in [2.05, 4.69) is 52.8 Å². The summed E-state index contributed by atoms with van der Waals surface area (Å²) >= 11 is 0. The molecule has 0 saturated carbocycles. The zero-order valence-electron chi connectivity index (χ0n) is 22.0. The Labute approximate surface area is 199 Å². The molecule has 1 aromatic carbocycles. The van der Waals surface area contributed by atoms with Crippen LogP contribution in [0.2, 0.25) is 0 Å². The number of hydrogen-bond donors (Lipinski definition) is 0. The van der Waals surface area contributed by atoms with Gasteiger partial charge in [-0.25, -0.2) is 0 Å². The van der Waals surface area contributed by atoms with E-state index in [0.29, 0.717) is 18.3 Å². The van der Waals surface area contributed by atoms with Gasteiger partial charge in [0.05, 0.1) is 0 Å². The number of unbranched alkanes of at least 4 members (excludes halogenated alkanes) is 14. The quantitative estimate of drug-likeness (QED) is 0.120. The van der Waals surface area contributed by atoms with Gasteiger partial charge >= 0.3 is 5.97 Å². The van der Waals surface area contributed by atoms with Crippen molar-refractivity contribution in [2.45, 2.75) is 149 Å². The summed E-state index contributed by atoms with van der Waals surface area (Å²) in [6.07, 6.45) is 20.6. The first-order chi connectivity index (χ1) is 15.5. The predicted molar refractivity (Wildman–Crippen MR) is 140 cm³/mol. The molecule has 1 aromatic rings. The Balaban J connectivity index is 2.09. The van der Waals surface area contributed by atoms with Crippen molar-refractivity contribution in [3.63, 3.8) is 0 Å². The van der Waals surface area contributed by atoms with Gasteiger partial charge < -0.3 is 4.74 Å². The molecule has 0 aromatic heterocycles. The van der Waals surface area contributed by atoms with Gasteiger partial charge in [-0.1, -0.05) is 143 Å². The minimum atomic E-state index is -0.0744. The molecule has 0 unspecified atom stereocenters. The Morgan fingerprint density at radius 1 is 0.656 bits per heavy atom. The molecule has 184 valence electrons. The highest BCUT2D eigenvalue weighted by molar-refractivity contribution is 5.73. The first-order valence-electron chi connectivity index (χ1n) is 13.8. The Hall–Kier alpha value is -1.31. The average molecular weight is 445 g/mol. The number of hydrogen-bond acceptors (Lipinski definition) is 2. The lowest BCUT2D eigenvalue weighted by Crippen LogP contribution is -2.12. The molecule has 0 saturated heterocycles. The summed E-state index contributed by atoms with van der Waals surface area (Å²) in [5.41, 5.74) is 2.28. The Bertz CT molecular complexity index is 577. The highest BCUT2D eigenvalue weighted by Crippen LogP contribution is 2.34. The fourth-order valence-electron chi connectivity index (χ4n) is 4.41. The summed E-state index contributed by atoms with van der Waals surface area (Å²) in [7, 11) is 0. The number of benzene rings is 1. The number of para-hydroxylation sites is 1. The molecule has 0 amide bonds. The van der Waals surface area contributed by atoms with Gasteiger partial charge in [0.25, 0.3) is 0 Å². The third-order valence-corrected chi connectivity index (χ3v) is 6.52. The van der Waals surface area contributed by atoms with Gasteiger partial charge in [-0.15, -0.1) is 0 Å². The molecule has 0 atom stereocenters. The van der Waals surface area contributed by atoms with Crippen LogP contribution in [0.5, 0.6) is 5.75 Å². The lowest BCUT2D eigenvalue weighted by Gasteiger charge is -2.18. The fourth-order valence-corrected chi connectivity index (χ4v) is 4.41. The van der Waals surface area contributed by atoms with Crippen LogP contribution in [0.1, 0.15) is 160 Å².